The quantitative estimate of drug-likeness (QED) is 0.652. The van der Waals surface area contributed by atoms with Gasteiger partial charge in [0.25, 0.3) is 8.32 Å². The first-order valence-corrected chi connectivity index (χ1v) is 10.0. The molecule has 0 N–H and O–H groups in total. The molecule has 0 spiro atoms. The highest BCUT2D eigenvalue weighted by Crippen LogP contribution is 2.43. The van der Waals surface area contributed by atoms with Gasteiger partial charge in [-0.25, -0.2) is 0 Å². The van der Waals surface area contributed by atoms with Gasteiger partial charge in [0.2, 0.25) is 0 Å². The zero-order valence-electron chi connectivity index (χ0n) is 14.1. The van der Waals surface area contributed by atoms with E-state index in [1.54, 1.807) is 0 Å². The van der Waals surface area contributed by atoms with E-state index in [-0.39, 0.29) is 0 Å². The van der Waals surface area contributed by atoms with Crippen molar-refractivity contribution in [1.82, 2.24) is 4.98 Å². The Morgan fingerprint density at radius 1 is 0.905 bits per heavy atom. The Bertz CT molecular complexity index is 580. The minimum absolute atomic E-state index is 0.578. The lowest BCUT2D eigenvalue weighted by Crippen LogP contribution is -2.50. The van der Waals surface area contributed by atoms with E-state index in [1.807, 2.05) is 12.4 Å². The molecule has 1 heterocycles. The lowest BCUT2D eigenvalue weighted by Gasteiger charge is -2.42. The molecule has 1 aromatic carbocycles. The van der Waals surface area contributed by atoms with Gasteiger partial charge >= 0.3 is 0 Å². The van der Waals surface area contributed by atoms with Crippen LogP contribution in [0.4, 0.5) is 0 Å². The summed E-state index contributed by atoms with van der Waals surface area (Å²) in [5.41, 5.74) is 1.73. The summed E-state index contributed by atoms with van der Waals surface area (Å²) in [6, 6.07) is 8.33. The van der Waals surface area contributed by atoms with Crippen LogP contribution in [-0.2, 0) is 0 Å². The first-order valence-electron chi connectivity index (χ1n) is 7.91. The smallest absolute Gasteiger partial charge is 0.258 e. The van der Waals surface area contributed by atoms with Crippen molar-refractivity contribution in [2.45, 2.75) is 58.2 Å². The summed E-state index contributed by atoms with van der Waals surface area (Å²) in [5, 5.41) is 2.32. The van der Waals surface area contributed by atoms with Crippen molar-refractivity contribution < 1.29 is 4.43 Å². The van der Waals surface area contributed by atoms with Crippen LogP contribution in [0, 0.1) is 0 Å². The summed E-state index contributed by atoms with van der Waals surface area (Å²) in [6.07, 6.45) is 3.75. The lowest BCUT2D eigenvalue weighted by atomic mass is 10.2. The van der Waals surface area contributed by atoms with Crippen molar-refractivity contribution in [3.8, 4) is 5.75 Å². The summed E-state index contributed by atoms with van der Waals surface area (Å²) >= 11 is 0. The van der Waals surface area contributed by atoms with Crippen LogP contribution in [0.2, 0.25) is 16.6 Å². The Kier molecular flexibility index (Phi) is 4.72. The molecule has 0 radical (unpaired) electrons. The molecule has 2 nitrogen and oxygen atoms in total. The molecule has 0 aliphatic heterocycles. The van der Waals surface area contributed by atoms with Crippen molar-refractivity contribution in [2.75, 3.05) is 0 Å². The summed E-state index contributed by atoms with van der Waals surface area (Å²) in [5.74, 6) is 1.03. The molecule has 3 heteroatoms. The van der Waals surface area contributed by atoms with E-state index in [9.17, 15) is 0 Å². The Balaban J connectivity index is 2.54. The third-order valence-corrected chi connectivity index (χ3v) is 10.6. The van der Waals surface area contributed by atoms with E-state index in [0.29, 0.717) is 16.6 Å². The first-order chi connectivity index (χ1) is 9.89. The van der Waals surface area contributed by atoms with Crippen molar-refractivity contribution in [1.29, 1.82) is 0 Å². The fourth-order valence-electron chi connectivity index (χ4n) is 3.73. The molecule has 0 fully saturated rings. The summed E-state index contributed by atoms with van der Waals surface area (Å²) < 4.78 is 6.81. The maximum atomic E-state index is 6.81. The van der Waals surface area contributed by atoms with E-state index in [0.717, 1.165) is 11.1 Å². The summed E-state index contributed by atoms with van der Waals surface area (Å²) in [7, 11) is -1.91. The predicted octanol–water partition coefficient (Wildman–Crippen LogP) is 5.79. The average molecular weight is 302 g/mol. The lowest BCUT2D eigenvalue weighted by molar-refractivity contribution is 0.484. The third-order valence-electron chi connectivity index (χ3n) is 4.63. The molecule has 0 aliphatic carbocycles. The average Bonchev–Trinajstić information content (AvgIpc) is 2.43. The van der Waals surface area contributed by atoms with Gasteiger partial charge in [-0.3, -0.25) is 4.98 Å². The zero-order valence-corrected chi connectivity index (χ0v) is 15.1. The number of rotatable bonds is 5. The molecule has 0 aliphatic rings. The van der Waals surface area contributed by atoms with Crippen LogP contribution in [0.25, 0.3) is 10.8 Å². The molecular weight excluding hydrogens is 274 g/mol. The molecule has 0 amide bonds. The largest absolute Gasteiger partial charge is 0.542 e. The van der Waals surface area contributed by atoms with Crippen LogP contribution in [0.5, 0.6) is 5.75 Å². The fourth-order valence-corrected chi connectivity index (χ4v) is 8.99. The predicted molar refractivity (Wildman–Crippen MR) is 93.4 cm³/mol. The van der Waals surface area contributed by atoms with Gasteiger partial charge in [-0.15, -0.1) is 0 Å². The number of hydrogen-bond donors (Lipinski definition) is 0. The van der Waals surface area contributed by atoms with Crippen molar-refractivity contribution in [3.05, 3.63) is 36.7 Å². The molecule has 1 aromatic heterocycles. The summed E-state index contributed by atoms with van der Waals surface area (Å²) in [4.78, 5) is 4.21. The highest BCUT2D eigenvalue weighted by atomic mass is 28.4. The molecule has 0 bridgehead atoms. The van der Waals surface area contributed by atoms with Gasteiger partial charge in [0.1, 0.15) is 5.75 Å². The van der Waals surface area contributed by atoms with Gasteiger partial charge in [0.05, 0.1) is 0 Å². The Labute approximate surface area is 129 Å². The topological polar surface area (TPSA) is 22.1 Å². The van der Waals surface area contributed by atoms with Crippen LogP contribution in [-0.4, -0.2) is 13.3 Å². The van der Waals surface area contributed by atoms with Gasteiger partial charge in [0, 0.05) is 23.2 Å². The van der Waals surface area contributed by atoms with Crippen molar-refractivity contribution in [3.63, 3.8) is 0 Å². The highest BCUT2D eigenvalue weighted by molar-refractivity contribution is 6.78. The van der Waals surface area contributed by atoms with Crippen LogP contribution >= 0.6 is 0 Å². The number of nitrogens with zero attached hydrogens (tertiary/aromatic N) is 1. The maximum Gasteiger partial charge on any atom is 0.258 e. The van der Waals surface area contributed by atoms with E-state index < -0.39 is 8.32 Å². The van der Waals surface area contributed by atoms with E-state index in [4.69, 9.17) is 4.43 Å². The third kappa shape index (κ3) is 2.84. The molecule has 0 unspecified atom stereocenters. The van der Waals surface area contributed by atoms with E-state index >= 15 is 0 Å². The molecule has 0 saturated heterocycles. The second-order valence-electron chi connectivity index (χ2n) is 6.77. The number of hydrogen-bond acceptors (Lipinski definition) is 2. The Morgan fingerprint density at radius 2 is 1.52 bits per heavy atom. The van der Waals surface area contributed by atoms with Gasteiger partial charge in [-0.1, -0.05) is 53.7 Å². The second-order valence-corrected chi connectivity index (χ2v) is 12.1. The van der Waals surface area contributed by atoms with Gasteiger partial charge in [0.15, 0.2) is 0 Å². The minimum Gasteiger partial charge on any atom is -0.542 e. The zero-order chi connectivity index (χ0) is 15.6. The first kappa shape index (κ1) is 16.0. The molecule has 114 valence electrons. The minimum atomic E-state index is -1.91. The van der Waals surface area contributed by atoms with Crippen LogP contribution < -0.4 is 4.43 Å². The molecule has 0 atom stereocenters. The van der Waals surface area contributed by atoms with Gasteiger partial charge in [-0.05, 0) is 28.8 Å². The van der Waals surface area contributed by atoms with Crippen molar-refractivity contribution >= 4 is 19.1 Å². The van der Waals surface area contributed by atoms with E-state index in [1.165, 1.54) is 5.39 Å². The van der Waals surface area contributed by atoms with Crippen molar-refractivity contribution in [2.24, 2.45) is 0 Å². The summed E-state index contributed by atoms with van der Waals surface area (Å²) in [6.45, 7) is 13.9. The Morgan fingerprint density at radius 3 is 2.10 bits per heavy atom. The van der Waals surface area contributed by atoms with E-state index in [2.05, 4.69) is 70.8 Å². The molecule has 0 saturated carbocycles. The van der Waals surface area contributed by atoms with Gasteiger partial charge < -0.3 is 4.43 Å². The SMILES string of the molecule is CC(C)[Si](Oc1cccc2cnccc12)(C(C)C)C(C)C. The Hall–Kier alpha value is -1.35. The number of fused-ring (bicyclic) bond motifs is 1. The second kappa shape index (κ2) is 6.18. The molecular formula is C18H27NOSi. The van der Waals surface area contributed by atoms with Gasteiger partial charge in [-0.2, -0.15) is 0 Å². The fraction of sp³-hybridized carbons (Fsp3) is 0.500. The normalized spacial score (nSPS) is 12.6. The standard InChI is InChI=1S/C18H27NOSi/c1-13(2)21(14(3)4,15(5)6)20-18-9-7-8-16-12-19-11-10-17(16)18/h7-15H,1-6H3. The molecule has 21 heavy (non-hydrogen) atoms. The molecule has 2 rings (SSSR count). The number of pyridine rings is 1. The maximum absolute atomic E-state index is 6.81. The molecule has 2 aromatic rings. The van der Waals surface area contributed by atoms with Crippen LogP contribution in [0.15, 0.2) is 36.7 Å². The van der Waals surface area contributed by atoms with Crippen LogP contribution in [0.1, 0.15) is 41.5 Å². The number of aromatic nitrogens is 1. The number of benzene rings is 1. The van der Waals surface area contributed by atoms with Crippen LogP contribution in [0.3, 0.4) is 0 Å². The monoisotopic (exact) mass is 301 g/mol. The highest BCUT2D eigenvalue weighted by Gasteiger charge is 2.47.